The highest BCUT2D eigenvalue weighted by Gasteiger charge is 2.08. The van der Waals surface area contributed by atoms with Crippen molar-refractivity contribution in [1.82, 2.24) is 0 Å². The van der Waals surface area contributed by atoms with Crippen LogP contribution in [0, 0.1) is 12.7 Å². The van der Waals surface area contributed by atoms with E-state index in [2.05, 4.69) is 0 Å². The number of halogens is 2. The van der Waals surface area contributed by atoms with E-state index in [9.17, 15) is 9.18 Å². The van der Waals surface area contributed by atoms with E-state index in [1.54, 1.807) is 18.2 Å². The van der Waals surface area contributed by atoms with E-state index in [-0.39, 0.29) is 5.75 Å². The first-order chi connectivity index (χ1) is 9.95. The Morgan fingerprint density at radius 2 is 2.00 bits per heavy atom. The van der Waals surface area contributed by atoms with Crippen LogP contribution in [0.25, 0.3) is 6.08 Å². The molecule has 0 fully saturated rings. The molecular weight excluding hydrogens is 295 g/mol. The predicted octanol–water partition coefficient (Wildman–Crippen LogP) is 4.68. The summed E-state index contributed by atoms with van der Waals surface area (Å²) in [6.45, 7) is 1.87. The van der Waals surface area contributed by atoms with E-state index < -0.39 is 11.8 Å². The topological polar surface area (TPSA) is 46.5 Å². The molecule has 108 valence electrons. The summed E-state index contributed by atoms with van der Waals surface area (Å²) in [4.78, 5) is 10.4. The molecule has 0 radical (unpaired) electrons. The highest BCUT2D eigenvalue weighted by atomic mass is 35.5. The number of benzene rings is 2. The summed E-state index contributed by atoms with van der Waals surface area (Å²) >= 11 is 5.99. The summed E-state index contributed by atoms with van der Waals surface area (Å²) in [6.07, 6.45) is 2.24. The standard InChI is InChI=1S/C16H12ClFO3/c1-10-2-5-12(17)15(8-10)21-14-6-3-11(9-13(14)18)4-7-16(19)20/h2-9H,1H3,(H,19,20)/b7-4+. The zero-order chi connectivity index (χ0) is 15.4. The number of rotatable bonds is 4. The van der Waals surface area contributed by atoms with Crippen molar-refractivity contribution in [2.45, 2.75) is 6.92 Å². The minimum atomic E-state index is -1.10. The van der Waals surface area contributed by atoms with E-state index >= 15 is 0 Å². The van der Waals surface area contributed by atoms with Gasteiger partial charge in [-0.15, -0.1) is 0 Å². The molecule has 0 aromatic heterocycles. The van der Waals surface area contributed by atoms with Gasteiger partial charge in [-0.1, -0.05) is 23.7 Å². The first kappa shape index (κ1) is 15.1. The molecular formula is C16H12ClFO3. The van der Waals surface area contributed by atoms with Crippen LogP contribution in [0.15, 0.2) is 42.5 Å². The second kappa shape index (κ2) is 6.41. The van der Waals surface area contributed by atoms with E-state index in [1.807, 2.05) is 13.0 Å². The van der Waals surface area contributed by atoms with Crippen LogP contribution in [-0.2, 0) is 4.79 Å². The largest absolute Gasteiger partial charge is 0.478 e. The monoisotopic (exact) mass is 306 g/mol. The highest BCUT2D eigenvalue weighted by Crippen LogP contribution is 2.31. The minimum absolute atomic E-state index is 0.0231. The Labute approximate surface area is 126 Å². The van der Waals surface area contributed by atoms with Crippen LogP contribution in [0.5, 0.6) is 11.5 Å². The number of aliphatic carboxylic acids is 1. The van der Waals surface area contributed by atoms with Crippen molar-refractivity contribution in [3.05, 3.63) is 64.4 Å². The molecule has 0 heterocycles. The third-order valence-corrected chi connectivity index (χ3v) is 2.99. The molecule has 0 aliphatic heterocycles. The summed E-state index contributed by atoms with van der Waals surface area (Å²) in [5.41, 5.74) is 1.37. The van der Waals surface area contributed by atoms with Crippen LogP contribution in [0.4, 0.5) is 4.39 Å². The zero-order valence-electron chi connectivity index (χ0n) is 11.1. The molecule has 0 unspecified atom stereocenters. The molecule has 0 spiro atoms. The second-order valence-corrected chi connectivity index (χ2v) is 4.80. The fraction of sp³-hybridized carbons (Fsp3) is 0.0625. The Morgan fingerprint density at radius 3 is 2.67 bits per heavy atom. The second-order valence-electron chi connectivity index (χ2n) is 4.40. The molecule has 0 atom stereocenters. The fourth-order valence-electron chi connectivity index (χ4n) is 1.68. The number of carboxylic acid groups (broad SMARTS) is 1. The molecule has 0 saturated carbocycles. The Bertz CT molecular complexity index is 711. The van der Waals surface area contributed by atoms with Crippen molar-refractivity contribution in [2.24, 2.45) is 0 Å². The van der Waals surface area contributed by atoms with Gasteiger partial charge in [0, 0.05) is 6.08 Å². The number of hydrogen-bond acceptors (Lipinski definition) is 2. The van der Waals surface area contributed by atoms with Gasteiger partial charge >= 0.3 is 5.97 Å². The quantitative estimate of drug-likeness (QED) is 0.834. The van der Waals surface area contributed by atoms with E-state index in [1.165, 1.54) is 18.2 Å². The van der Waals surface area contributed by atoms with Crippen molar-refractivity contribution < 1.29 is 19.0 Å². The molecule has 0 bridgehead atoms. The van der Waals surface area contributed by atoms with E-state index in [0.717, 1.165) is 11.6 Å². The summed E-state index contributed by atoms with van der Waals surface area (Å²) in [6, 6.07) is 9.38. The van der Waals surface area contributed by atoms with Gasteiger partial charge in [0.15, 0.2) is 11.6 Å². The number of carbonyl (C=O) groups is 1. The molecule has 21 heavy (non-hydrogen) atoms. The van der Waals surface area contributed by atoms with Crippen molar-refractivity contribution >= 4 is 23.6 Å². The molecule has 0 aliphatic rings. The smallest absolute Gasteiger partial charge is 0.328 e. The molecule has 0 aliphatic carbocycles. The maximum atomic E-state index is 13.9. The van der Waals surface area contributed by atoms with Gasteiger partial charge < -0.3 is 9.84 Å². The van der Waals surface area contributed by atoms with E-state index in [4.69, 9.17) is 21.4 Å². The minimum Gasteiger partial charge on any atom is -0.478 e. The summed E-state index contributed by atoms with van der Waals surface area (Å²) < 4.78 is 19.4. The summed E-state index contributed by atoms with van der Waals surface area (Å²) in [5, 5.41) is 8.91. The number of aryl methyl sites for hydroxylation is 1. The normalized spacial score (nSPS) is 10.8. The molecule has 2 rings (SSSR count). The first-order valence-corrected chi connectivity index (χ1v) is 6.48. The van der Waals surface area contributed by atoms with Gasteiger partial charge in [-0.3, -0.25) is 0 Å². The maximum Gasteiger partial charge on any atom is 0.328 e. The molecule has 0 amide bonds. The Morgan fingerprint density at radius 1 is 1.24 bits per heavy atom. The summed E-state index contributed by atoms with van der Waals surface area (Å²) in [5.74, 6) is -1.30. The highest BCUT2D eigenvalue weighted by molar-refractivity contribution is 6.32. The fourth-order valence-corrected chi connectivity index (χ4v) is 1.83. The Kier molecular flexibility index (Phi) is 4.60. The third kappa shape index (κ3) is 4.07. The molecule has 2 aromatic rings. The lowest BCUT2D eigenvalue weighted by atomic mass is 10.2. The van der Waals surface area contributed by atoms with Crippen LogP contribution in [-0.4, -0.2) is 11.1 Å². The Balaban J connectivity index is 2.25. The van der Waals surface area contributed by atoms with Gasteiger partial charge in [0.05, 0.1) is 5.02 Å². The maximum absolute atomic E-state index is 13.9. The lowest BCUT2D eigenvalue weighted by Gasteiger charge is -2.09. The number of ether oxygens (including phenoxy) is 1. The van der Waals surface area contributed by atoms with Gasteiger partial charge in [-0.2, -0.15) is 0 Å². The van der Waals surface area contributed by atoms with Crippen LogP contribution < -0.4 is 4.74 Å². The average molecular weight is 307 g/mol. The zero-order valence-corrected chi connectivity index (χ0v) is 11.9. The molecule has 1 N–H and O–H groups in total. The van der Waals surface area contributed by atoms with Gasteiger partial charge in [0.2, 0.25) is 0 Å². The predicted molar refractivity (Wildman–Crippen MR) is 79.3 cm³/mol. The molecule has 3 nitrogen and oxygen atoms in total. The molecule has 0 saturated heterocycles. The lowest BCUT2D eigenvalue weighted by molar-refractivity contribution is -0.131. The van der Waals surface area contributed by atoms with Gasteiger partial charge in [0.1, 0.15) is 5.75 Å². The van der Waals surface area contributed by atoms with Crippen molar-refractivity contribution in [3.8, 4) is 11.5 Å². The van der Waals surface area contributed by atoms with Gasteiger partial charge in [-0.05, 0) is 48.4 Å². The van der Waals surface area contributed by atoms with Crippen molar-refractivity contribution in [3.63, 3.8) is 0 Å². The Hall–Kier alpha value is -2.33. The number of carboxylic acids is 1. The van der Waals surface area contributed by atoms with Crippen LogP contribution >= 0.6 is 11.6 Å². The lowest BCUT2D eigenvalue weighted by Crippen LogP contribution is -1.91. The van der Waals surface area contributed by atoms with E-state index in [0.29, 0.717) is 16.3 Å². The third-order valence-electron chi connectivity index (χ3n) is 2.68. The first-order valence-electron chi connectivity index (χ1n) is 6.10. The molecule has 2 aromatic carbocycles. The van der Waals surface area contributed by atoms with Crippen LogP contribution in [0.3, 0.4) is 0 Å². The van der Waals surface area contributed by atoms with Crippen LogP contribution in [0.1, 0.15) is 11.1 Å². The van der Waals surface area contributed by atoms with Crippen molar-refractivity contribution in [1.29, 1.82) is 0 Å². The SMILES string of the molecule is Cc1ccc(Cl)c(Oc2ccc(/C=C/C(=O)O)cc2F)c1. The molecule has 5 heteroatoms. The summed E-state index contributed by atoms with van der Waals surface area (Å²) in [7, 11) is 0. The number of hydrogen-bond donors (Lipinski definition) is 1. The van der Waals surface area contributed by atoms with Gasteiger partial charge in [-0.25, -0.2) is 9.18 Å². The van der Waals surface area contributed by atoms with Crippen LogP contribution in [0.2, 0.25) is 5.02 Å². The van der Waals surface area contributed by atoms with Gasteiger partial charge in [0.25, 0.3) is 0 Å². The average Bonchev–Trinajstić information content (AvgIpc) is 2.43. The van der Waals surface area contributed by atoms with Crippen molar-refractivity contribution in [2.75, 3.05) is 0 Å².